The number of H-pyrrole nitrogens is 1. The molecular weight excluding hydrogens is 444 g/mol. The average molecular weight is 476 g/mol. The Kier molecular flexibility index (Phi) is 4.24. The van der Waals surface area contributed by atoms with E-state index < -0.39 is 21.6 Å². The molecule has 2 aliphatic heterocycles. The normalized spacial score (nSPS) is 22.5. The standard InChI is InChI=1S/C22H28N6O4S/c1-12-9-31-10-13-11-32-17-18(22(2,3)33(5,29)30)26-20(27-21(17)28(12)13)16-14-6-7-24-19(14)25-8-15(16)23-4/h6-8,12-13,23H,9-11H2,1-5H3,(H,24,25)/t12-,13+/m1/s1/i4D3. The molecule has 0 unspecified atom stereocenters. The average Bonchev–Trinajstić information content (AvgIpc) is 3.25. The van der Waals surface area contributed by atoms with Crippen molar-refractivity contribution in [2.45, 2.75) is 37.6 Å². The van der Waals surface area contributed by atoms with Crippen LogP contribution in [-0.4, -0.2) is 73.5 Å². The second-order valence-corrected chi connectivity index (χ2v) is 11.6. The summed E-state index contributed by atoms with van der Waals surface area (Å²) in [4.78, 5) is 19.0. The van der Waals surface area contributed by atoms with Crippen LogP contribution in [0.15, 0.2) is 18.5 Å². The minimum absolute atomic E-state index is 0.0481. The molecule has 5 heterocycles. The van der Waals surface area contributed by atoms with Gasteiger partial charge in [0, 0.05) is 28.9 Å². The molecule has 33 heavy (non-hydrogen) atoms. The molecule has 1 saturated heterocycles. The van der Waals surface area contributed by atoms with E-state index in [1.807, 2.05) is 6.92 Å². The lowest BCUT2D eigenvalue weighted by molar-refractivity contribution is 0.0482. The number of aromatic amines is 1. The largest absolute Gasteiger partial charge is 0.486 e. The summed E-state index contributed by atoms with van der Waals surface area (Å²) in [6.07, 6.45) is 4.24. The molecule has 2 N–H and O–H groups in total. The Bertz CT molecular complexity index is 1440. The Morgan fingerprint density at radius 3 is 2.88 bits per heavy atom. The number of nitrogens with one attached hydrogen (secondary N) is 2. The van der Waals surface area contributed by atoms with Gasteiger partial charge in [-0.05, 0) is 26.8 Å². The first-order valence-electron chi connectivity index (χ1n) is 12.1. The maximum Gasteiger partial charge on any atom is 0.185 e. The van der Waals surface area contributed by atoms with Crippen LogP contribution in [0.3, 0.4) is 0 Å². The topological polar surface area (TPSA) is 122 Å². The molecule has 0 bridgehead atoms. The van der Waals surface area contributed by atoms with E-state index in [0.29, 0.717) is 48.0 Å². The molecule has 3 aromatic heterocycles. The van der Waals surface area contributed by atoms with Gasteiger partial charge in [0.15, 0.2) is 27.2 Å². The third kappa shape index (κ3) is 3.33. The lowest BCUT2D eigenvalue weighted by atomic mass is 10.0. The molecular formula is C22H28N6O4S. The molecule has 0 spiro atoms. The van der Waals surface area contributed by atoms with Crippen molar-refractivity contribution in [2.24, 2.45) is 0 Å². The summed E-state index contributed by atoms with van der Waals surface area (Å²) < 4.78 is 59.4. The number of sulfone groups is 1. The molecule has 11 heteroatoms. The molecule has 176 valence electrons. The van der Waals surface area contributed by atoms with Gasteiger partial charge in [-0.25, -0.2) is 23.4 Å². The van der Waals surface area contributed by atoms with Crippen LogP contribution < -0.4 is 15.0 Å². The van der Waals surface area contributed by atoms with E-state index in [2.05, 4.69) is 20.2 Å². The molecule has 2 atom stereocenters. The van der Waals surface area contributed by atoms with E-state index >= 15 is 0 Å². The van der Waals surface area contributed by atoms with Gasteiger partial charge in [0.2, 0.25) is 0 Å². The number of rotatable bonds is 4. The minimum atomic E-state index is -3.64. The Hall–Kier alpha value is -2.92. The van der Waals surface area contributed by atoms with E-state index in [0.717, 1.165) is 6.26 Å². The Morgan fingerprint density at radius 1 is 1.30 bits per heavy atom. The van der Waals surface area contributed by atoms with Crippen LogP contribution in [0.25, 0.3) is 22.4 Å². The number of aromatic nitrogens is 4. The number of hydrogen-bond acceptors (Lipinski definition) is 9. The van der Waals surface area contributed by atoms with E-state index in [1.54, 1.807) is 26.1 Å². The predicted octanol–water partition coefficient (Wildman–Crippen LogP) is 2.33. The van der Waals surface area contributed by atoms with E-state index in [1.165, 1.54) is 6.20 Å². The summed E-state index contributed by atoms with van der Waals surface area (Å²) in [6, 6.07) is 1.60. The summed E-state index contributed by atoms with van der Waals surface area (Å²) in [5.41, 5.74) is 1.32. The third-order valence-electron chi connectivity index (χ3n) is 6.49. The maximum atomic E-state index is 12.9. The van der Waals surface area contributed by atoms with Crippen molar-refractivity contribution in [1.82, 2.24) is 19.9 Å². The quantitative estimate of drug-likeness (QED) is 0.585. The van der Waals surface area contributed by atoms with Gasteiger partial charge in [0.05, 0.1) is 42.7 Å². The van der Waals surface area contributed by atoms with Crippen molar-refractivity contribution >= 4 is 32.4 Å². The molecule has 0 amide bonds. The number of pyridine rings is 1. The lowest BCUT2D eigenvalue weighted by Crippen LogP contribution is -2.56. The first kappa shape index (κ1) is 18.5. The van der Waals surface area contributed by atoms with Crippen LogP contribution in [0.2, 0.25) is 0 Å². The Morgan fingerprint density at radius 2 is 2.12 bits per heavy atom. The van der Waals surface area contributed by atoms with Crippen molar-refractivity contribution < 1.29 is 22.0 Å². The van der Waals surface area contributed by atoms with Gasteiger partial charge in [-0.15, -0.1) is 0 Å². The zero-order valence-electron chi connectivity index (χ0n) is 21.8. The number of anilines is 2. The molecule has 2 aliphatic rings. The fourth-order valence-corrected chi connectivity index (χ4v) is 4.86. The van der Waals surface area contributed by atoms with Gasteiger partial charge >= 0.3 is 0 Å². The number of hydrogen-bond donors (Lipinski definition) is 2. The molecule has 5 rings (SSSR count). The molecule has 0 aliphatic carbocycles. The molecule has 0 radical (unpaired) electrons. The fraction of sp³-hybridized carbons (Fsp3) is 0.500. The summed E-state index contributed by atoms with van der Waals surface area (Å²) in [5, 5.41) is 3.12. The summed E-state index contributed by atoms with van der Waals surface area (Å²) >= 11 is 0. The van der Waals surface area contributed by atoms with Gasteiger partial charge < -0.3 is 24.7 Å². The zero-order valence-corrected chi connectivity index (χ0v) is 19.7. The molecule has 0 saturated carbocycles. The molecule has 10 nitrogen and oxygen atoms in total. The van der Waals surface area contributed by atoms with Crippen molar-refractivity contribution in [3.8, 4) is 17.1 Å². The molecule has 1 fully saturated rings. The van der Waals surface area contributed by atoms with Crippen LogP contribution >= 0.6 is 0 Å². The number of nitrogens with zero attached hydrogens (tertiary/aromatic N) is 4. The van der Waals surface area contributed by atoms with E-state index in [-0.39, 0.29) is 29.3 Å². The number of ether oxygens (including phenoxy) is 2. The number of fused-ring (bicyclic) bond motifs is 4. The summed E-state index contributed by atoms with van der Waals surface area (Å²) in [7, 11) is -3.64. The van der Waals surface area contributed by atoms with Crippen molar-refractivity contribution in [3.05, 3.63) is 24.2 Å². The molecule has 0 aromatic carbocycles. The first-order valence-corrected chi connectivity index (χ1v) is 12.5. The van der Waals surface area contributed by atoms with E-state index in [9.17, 15) is 8.42 Å². The Labute approximate surface area is 196 Å². The highest BCUT2D eigenvalue weighted by molar-refractivity contribution is 7.91. The second-order valence-electron chi connectivity index (χ2n) is 9.00. The van der Waals surface area contributed by atoms with Gasteiger partial charge in [-0.3, -0.25) is 0 Å². The molecule has 3 aromatic rings. The SMILES string of the molecule is [2H]C([2H])([2H])Nc1cnc2[nH]ccc2c1-c1nc2c(c(C(C)(C)S(C)(=O)=O)n1)OC[C@@H]1COC[C@@H](C)N21. The van der Waals surface area contributed by atoms with E-state index in [4.69, 9.17) is 23.6 Å². The zero-order chi connectivity index (χ0) is 26.0. The number of morpholine rings is 1. The lowest BCUT2D eigenvalue weighted by Gasteiger charge is -2.45. The highest BCUT2D eigenvalue weighted by atomic mass is 32.2. The smallest absolute Gasteiger partial charge is 0.185 e. The van der Waals surface area contributed by atoms with Gasteiger partial charge in [-0.2, -0.15) is 0 Å². The van der Waals surface area contributed by atoms with Crippen LogP contribution in [0.4, 0.5) is 11.5 Å². The summed E-state index contributed by atoms with van der Waals surface area (Å²) in [6.45, 7) is 3.87. The third-order valence-corrected chi connectivity index (χ3v) is 8.54. The highest BCUT2D eigenvalue weighted by Gasteiger charge is 2.44. The van der Waals surface area contributed by atoms with Gasteiger partial charge in [0.1, 0.15) is 22.7 Å². The maximum absolute atomic E-state index is 12.9. The monoisotopic (exact) mass is 475 g/mol. The van der Waals surface area contributed by atoms with Crippen LogP contribution in [-0.2, 0) is 19.3 Å². The van der Waals surface area contributed by atoms with Crippen molar-refractivity contribution in [1.29, 1.82) is 0 Å². The van der Waals surface area contributed by atoms with Crippen LogP contribution in [0.1, 0.15) is 30.6 Å². The predicted molar refractivity (Wildman–Crippen MR) is 127 cm³/mol. The minimum Gasteiger partial charge on any atom is -0.486 e. The highest BCUT2D eigenvalue weighted by Crippen LogP contribution is 2.45. The summed E-state index contributed by atoms with van der Waals surface area (Å²) in [5.74, 6) is 0.935. The van der Waals surface area contributed by atoms with Gasteiger partial charge in [0.25, 0.3) is 0 Å². The Balaban J connectivity index is 1.84. The fourth-order valence-electron chi connectivity index (χ4n) is 4.37. The van der Waals surface area contributed by atoms with Crippen molar-refractivity contribution in [2.75, 3.05) is 43.3 Å². The first-order chi connectivity index (χ1) is 16.8. The van der Waals surface area contributed by atoms with Crippen molar-refractivity contribution in [3.63, 3.8) is 0 Å². The van der Waals surface area contributed by atoms with Gasteiger partial charge in [-0.1, -0.05) is 0 Å². The van der Waals surface area contributed by atoms with Crippen LogP contribution in [0.5, 0.6) is 5.75 Å². The van der Waals surface area contributed by atoms with Crippen LogP contribution in [0, 0.1) is 0 Å². The second kappa shape index (κ2) is 7.56.